The highest BCUT2D eigenvalue weighted by Gasteiger charge is 2.44. The van der Waals surface area contributed by atoms with Crippen molar-refractivity contribution in [3.8, 4) is 0 Å². The minimum Gasteiger partial charge on any atom is -0.378 e. The van der Waals surface area contributed by atoms with Crippen molar-refractivity contribution in [1.29, 1.82) is 0 Å². The molecule has 2 fully saturated rings. The van der Waals surface area contributed by atoms with Crippen molar-refractivity contribution < 1.29 is 9.47 Å². The first-order valence-electron chi connectivity index (χ1n) is 9.02. The maximum Gasteiger partial charge on any atom is 0.0967 e. The van der Waals surface area contributed by atoms with Crippen LogP contribution in [0.1, 0.15) is 31.2 Å². The fraction of sp³-hybridized carbons (Fsp3) is 0.550. The molecule has 2 saturated heterocycles. The normalized spacial score (nSPS) is 24.5. The summed E-state index contributed by atoms with van der Waals surface area (Å²) in [6.45, 7) is 4.00. The molecule has 0 saturated carbocycles. The molecule has 4 heteroatoms. The lowest BCUT2D eigenvalue weighted by molar-refractivity contribution is -0.186. The average Bonchev–Trinajstić information content (AvgIpc) is 2.64. The number of pyridine rings is 1. The molecule has 0 bridgehead atoms. The summed E-state index contributed by atoms with van der Waals surface area (Å²) in [6.07, 6.45) is 6.56. The Labute approximate surface area is 143 Å². The monoisotopic (exact) mass is 326 g/mol. The molecule has 1 atom stereocenters. The van der Waals surface area contributed by atoms with E-state index in [-0.39, 0.29) is 11.7 Å². The molecular weight excluding hydrogens is 300 g/mol. The van der Waals surface area contributed by atoms with E-state index < -0.39 is 0 Å². The second-order valence-corrected chi connectivity index (χ2v) is 7.04. The van der Waals surface area contributed by atoms with E-state index in [4.69, 9.17) is 9.47 Å². The first kappa shape index (κ1) is 16.0. The van der Waals surface area contributed by atoms with E-state index >= 15 is 0 Å². The summed E-state index contributed by atoms with van der Waals surface area (Å²) in [5.41, 5.74) is 2.40. The van der Waals surface area contributed by atoms with Gasteiger partial charge in [-0.2, -0.15) is 0 Å². The third-order valence-electron chi connectivity index (χ3n) is 5.71. The molecule has 2 aliphatic heterocycles. The van der Waals surface area contributed by atoms with E-state index in [1.165, 1.54) is 10.9 Å². The second kappa shape index (κ2) is 6.79. The Morgan fingerprint density at radius 3 is 2.92 bits per heavy atom. The SMILES string of the molecule is CO[C@H]1CCCOC12CCN(Cc1ccnc3ccccc13)CC2. The van der Waals surface area contributed by atoms with E-state index in [1.807, 2.05) is 13.3 Å². The number of piperidine rings is 1. The molecule has 128 valence electrons. The summed E-state index contributed by atoms with van der Waals surface area (Å²) in [6, 6.07) is 10.6. The van der Waals surface area contributed by atoms with Gasteiger partial charge in [0.25, 0.3) is 0 Å². The molecule has 0 unspecified atom stereocenters. The third kappa shape index (κ3) is 2.94. The van der Waals surface area contributed by atoms with Gasteiger partial charge in [0.05, 0.1) is 17.2 Å². The number of hydrogen-bond donors (Lipinski definition) is 0. The summed E-state index contributed by atoms with van der Waals surface area (Å²) in [5.74, 6) is 0. The lowest BCUT2D eigenvalue weighted by Gasteiger charge is -2.48. The molecule has 0 N–H and O–H groups in total. The van der Waals surface area contributed by atoms with Crippen molar-refractivity contribution in [2.45, 2.75) is 43.9 Å². The second-order valence-electron chi connectivity index (χ2n) is 7.04. The van der Waals surface area contributed by atoms with Crippen LogP contribution in [0.15, 0.2) is 36.5 Å². The molecule has 0 aliphatic carbocycles. The van der Waals surface area contributed by atoms with Crippen molar-refractivity contribution in [2.24, 2.45) is 0 Å². The molecule has 4 nitrogen and oxygen atoms in total. The lowest BCUT2D eigenvalue weighted by Crippen LogP contribution is -2.55. The molecule has 2 aliphatic rings. The number of hydrogen-bond acceptors (Lipinski definition) is 4. The lowest BCUT2D eigenvalue weighted by atomic mass is 9.81. The van der Waals surface area contributed by atoms with Crippen LogP contribution in [-0.4, -0.2) is 48.4 Å². The van der Waals surface area contributed by atoms with Crippen LogP contribution in [-0.2, 0) is 16.0 Å². The number of rotatable bonds is 3. The minimum absolute atomic E-state index is 0.0518. The maximum atomic E-state index is 6.22. The molecule has 1 aromatic carbocycles. The van der Waals surface area contributed by atoms with Gasteiger partial charge in [0.1, 0.15) is 0 Å². The zero-order chi connectivity index (χ0) is 16.4. The van der Waals surface area contributed by atoms with E-state index in [1.54, 1.807) is 0 Å². The molecule has 0 radical (unpaired) electrons. The number of likely N-dealkylation sites (tertiary alicyclic amines) is 1. The fourth-order valence-electron chi connectivity index (χ4n) is 4.32. The number of para-hydroxylation sites is 1. The number of benzene rings is 1. The van der Waals surface area contributed by atoms with Crippen molar-refractivity contribution in [1.82, 2.24) is 9.88 Å². The Morgan fingerprint density at radius 2 is 2.08 bits per heavy atom. The van der Waals surface area contributed by atoms with E-state index in [0.29, 0.717) is 0 Å². The average molecular weight is 326 g/mol. The number of methoxy groups -OCH3 is 1. The van der Waals surface area contributed by atoms with Crippen LogP contribution in [0.25, 0.3) is 10.9 Å². The first-order chi connectivity index (χ1) is 11.8. The standard InChI is InChI=1S/C20H26N2O2/c1-23-19-7-4-14-24-20(19)9-12-22(13-10-20)15-16-8-11-21-18-6-3-2-5-17(16)18/h2-3,5-6,8,11,19H,4,7,9-10,12-15H2,1H3/t19-/m0/s1. The highest BCUT2D eigenvalue weighted by Crippen LogP contribution is 2.37. The molecule has 24 heavy (non-hydrogen) atoms. The van der Waals surface area contributed by atoms with E-state index in [9.17, 15) is 0 Å². The van der Waals surface area contributed by atoms with Crippen LogP contribution in [0, 0.1) is 0 Å². The van der Waals surface area contributed by atoms with Gasteiger partial charge in [-0.1, -0.05) is 18.2 Å². The van der Waals surface area contributed by atoms with Crippen molar-refractivity contribution in [2.75, 3.05) is 26.8 Å². The highest BCUT2D eigenvalue weighted by molar-refractivity contribution is 5.81. The van der Waals surface area contributed by atoms with Crippen LogP contribution >= 0.6 is 0 Å². The molecule has 1 aromatic heterocycles. The number of ether oxygens (including phenoxy) is 2. The Kier molecular flexibility index (Phi) is 4.53. The van der Waals surface area contributed by atoms with Gasteiger partial charge in [-0.25, -0.2) is 0 Å². The van der Waals surface area contributed by atoms with Crippen LogP contribution < -0.4 is 0 Å². The zero-order valence-electron chi connectivity index (χ0n) is 14.4. The third-order valence-corrected chi connectivity index (χ3v) is 5.71. The molecule has 3 heterocycles. The van der Waals surface area contributed by atoms with Crippen molar-refractivity contribution >= 4 is 10.9 Å². The van der Waals surface area contributed by atoms with Crippen LogP contribution in [0.4, 0.5) is 0 Å². The maximum absolute atomic E-state index is 6.22. The summed E-state index contributed by atoms with van der Waals surface area (Å²) in [7, 11) is 1.83. The van der Waals surface area contributed by atoms with Crippen LogP contribution in [0.3, 0.4) is 0 Å². The number of nitrogens with zero attached hydrogens (tertiary/aromatic N) is 2. The molecule has 1 spiro atoms. The van der Waals surface area contributed by atoms with Crippen LogP contribution in [0.2, 0.25) is 0 Å². The minimum atomic E-state index is -0.0518. The van der Waals surface area contributed by atoms with Crippen molar-refractivity contribution in [3.05, 3.63) is 42.1 Å². The quantitative estimate of drug-likeness (QED) is 0.866. The summed E-state index contributed by atoms with van der Waals surface area (Å²) in [4.78, 5) is 7.01. The smallest absolute Gasteiger partial charge is 0.0967 e. The summed E-state index contributed by atoms with van der Waals surface area (Å²) >= 11 is 0. The van der Waals surface area contributed by atoms with Crippen molar-refractivity contribution in [3.63, 3.8) is 0 Å². The van der Waals surface area contributed by atoms with Gasteiger partial charge < -0.3 is 9.47 Å². The molecular formula is C20H26N2O2. The highest BCUT2D eigenvalue weighted by atomic mass is 16.5. The number of fused-ring (bicyclic) bond motifs is 1. The Bertz CT molecular complexity index is 690. The van der Waals surface area contributed by atoms with E-state index in [2.05, 4.69) is 40.2 Å². The van der Waals surface area contributed by atoms with Crippen LogP contribution in [0.5, 0.6) is 0 Å². The molecule has 0 amide bonds. The largest absolute Gasteiger partial charge is 0.378 e. The zero-order valence-corrected chi connectivity index (χ0v) is 14.4. The Balaban J connectivity index is 1.46. The summed E-state index contributed by atoms with van der Waals surface area (Å²) < 4.78 is 12.0. The predicted molar refractivity (Wildman–Crippen MR) is 95.0 cm³/mol. The Hall–Kier alpha value is -1.49. The predicted octanol–water partition coefficient (Wildman–Crippen LogP) is 3.39. The number of aromatic nitrogens is 1. The van der Waals surface area contributed by atoms with Gasteiger partial charge in [-0.3, -0.25) is 9.88 Å². The molecule has 4 rings (SSSR count). The molecule has 2 aromatic rings. The van der Waals surface area contributed by atoms with E-state index in [0.717, 1.165) is 57.4 Å². The fourth-order valence-corrected chi connectivity index (χ4v) is 4.32. The van der Waals surface area contributed by atoms with Gasteiger partial charge in [-0.15, -0.1) is 0 Å². The Morgan fingerprint density at radius 1 is 1.25 bits per heavy atom. The van der Waals surface area contributed by atoms with Gasteiger partial charge >= 0.3 is 0 Å². The van der Waals surface area contributed by atoms with Gasteiger partial charge in [0.2, 0.25) is 0 Å². The van der Waals surface area contributed by atoms with Gasteiger partial charge in [0.15, 0.2) is 0 Å². The van der Waals surface area contributed by atoms with Gasteiger partial charge in [0, 0.05) is 44.9 Å². The van der Waals surface area contributed by atoms with Gasteiger partial charge in [-0.05, 0) is 43.4 Å². The topological polar surface area (TPSA) is 34.6 Å². The summed E-state index contributed by atoms with van der Waals surface area (Å²) in [5, 5.41) is 1.27. The first-order valence-corrected chi connectivity index (χ1v) is 9.02.